The SMILES string of the molecule is CC(CC(CN)N(C)C1CC1)c1ccccc1. The molecule has 0 radical (unpaired) electrons. The molecule has 0 heterocycles. The molecule has 0 aromatic heterocycles. The zero-order valence-corrected chi connectivity index (χ0v) is 11.0. The first-order valence-corrected chi connectivity index (χ1v) is 6.69. The zero-order valence-electron chi connectivity index (χ0n) is 11.0. The van der Waals surface area contributed by atoms with Crippen LogP contribution in [-0.2, 0) is 0 Å². The van der Waals surface area contributed by atoms with Gasteiger partial charge in [0, 0.05) is 18.6 Å². The van der Waals surface area contributed by atoms with Crippen molar-refractivity contribution in [3.63, 3.8) is 0 Å². The van der Waals surface area contributed by atoms with E-state index in [9.17, 15) is 0 Å². The predicted octanol–water partition coefficient (Wildman–Crippen LogP) is 2.60. The summed E-state index contributed by atoms with van der Waals surface area (Å²) in [7, 11) is 2.23. The van der Waals surface area contributed by atoms with E-state index in [-0.39, 0.29) is 0 Å². The Morgan fingerprint density at radius 2 is 1.94 bits per heavy atom. The molecular weight excluding hydrogens is 208 g/mol. The summed E-state index contributed by atoms with van der Waals surface area (Å²) in [5, 5.41) is 0. The lowest BCUT2D eigenvalue weighted by molar-refractivity contribution is 0.217. The molecule has 2 heteroatoms. The summed E-state index contributed by atoms with van der Waals surface area (Å²) in [6, 6.07) is 12.1. The van der Waals surface area contributed by atoms with Gasteiger partial charge in [0.15, 0.2) is 0 Å². The van der Waals surface area contributed by atoms with E-state index in [2.05, 4.69) is 49.2 Å². The maximum atomic E-state index is 5.92. The van der Waals surface area contributed by atoms with Crippen LogP contribution in [0.5, 0.6) is 0 Å². The Labute approximate surface area is 105 Å². The summed E-state index contributed by atoms with van der Waals surface area (Å²) >= 11 is 0. The van der Waals surface area contributed by atoms with Crippen LogP contribution in [0.25, 0.3) is 0 Å². The quantitative estimate of drug-likeness (QED) is 0.817. The molecule has 1 aliphatic rings. The Morgan fingerprint density at radius 1 is 1.29 bits per heavy atom. The Bertz CT molecular complexity index is 332. The molecule has 0 amide bonds. The van der Waals surface area contributed by atoms with Crippen LogP contribution in [0.1, 0.15) is 37.7 Å². The molecule has 2 unspecified atom stereocenters. The van der Waals surface area contributed by atoms with Gasteiger partial charge in [-0.15, -0.1) is 0 Å². The Morgan fingerprint density at radius 3 is 2.47 bits per heavy atom. The van der Waals surface area contributed by atoms with Gasteiger partial charge in [-0.25, -0.2) is 0 Å². The third-order valence-electron chi connectivity index (χ3n) is 3.97. The minimum absolute atomic E-state index is 0.526. The second-order valence-electron chi connectivity index (χ2n) is 5.33. The number of nitrogens with zero attached hydrogens (tertiary/aromatic N) is 1. The average molecular weight is 232 g/mol. The maximum absolute atomic E-state index is 5.92. The summed E-state index contributed by atoms with van der Waals surface area (Å²) in [5.41, 5.74) is 7.35. The Hall–Kier alpha value is -0.860. The highest BCUT2D eigenvalue weighted by atomic mass is 15.2. The van der Waals surface area contributed by atoms with Gasteiger partial charge in [0.25, 0.3) is 0 Å². The standard InChI is InChI=1S/C15H24N2/c1-12(13-6-4-3-5-7-13)10-15(11-16)17(2)14-8-9-14/h3-7,12,14-15H,8-11,16H2,1-2H3. The van der Waals surface area contributed by atoms with Crippen molar-refractivity contribution in [3.8, 4) is 0 Å². The van der Waals surface area contributed by atoms with Crippen molar-refractivity contribution in [2.75, 3.05) is 13.6 Å². The van der Waals surface area contributed by atoms with Gasteiger partial charge in [-0.3, -0.25) is 4.90 Å². The summed E-state index contributed by atoms with van der Waals surface area (Å²) in [6.45, 7) is 3.07. The predicted molar refractivity (Wildman–Crippen MR) is 73.1 cm³/mol. The Kier molecular flexibility index (Phi) is 4.19. The van der Waals surface area contributed by atoms with Crippen LogP contribution in [-0.4, -0.2) is 30.6 Å². The molecule has 0 saturated heterocycles. The van der Waals surface area contributed by atoms with E-state index in [0.29, 0.717) is 12.0 Å². The molecule has 2 atom stereocenters. The Balaban J connectivity index is 1.93. The highest BCUT2D eigenvalue weighted by Gasteiger charge is 2.31. The second kappa shape index (κ2) is 5.65. The summed E-state index contributed by atoms with van der Waals surface area (Å²) < 4.78 is 0. The molecule has 0 spiro atoms. The van der Waals surface area contributed by atoms with Crippen LogP contribution in [0.4, 0.5) is 0 Å². The smallest absolute Gasteiger partial charge is 0.0224 e. The van der Waals surface area contributed by atoms with Crippen LogP contribution >= 0.6 is 0 Å². The van der Waals surface area contributed by atoms with Crippen molar-refractivity contribution in [2.24, 2.45) is 5.73 Å². The van der Waals surface area contributed by atoms with E-state index in [1.54, 1.807) is 0 Å². The van der Waals surface area contributed by atoms with Gasteiger partial charge in [0.1, 0.15) is 0 Å². The number of hydrogen-bond donors (Lipinski definition) is 1. The van der Waals surface area contributed by atoms with Gasteiger partial charge in [0.05, 0.1) is 0 Å². The lowest BCUT2D eigenvalue weighted by Gasteiger charge is -2.29. The van der Waals surface area contributed by atoms with E-state index < -0.39 is 0 Å². The number of nitrogens with two attached hydrogens (primary N) is 1. The minimum atomic E-state index is 0.526. The van der Waals surface area contributed by atoms with E-state index >= 15 is 0 Å². The highest BCUT2D eigenvalue weighted by molar-refractivity contribution is 5.19. The fourth-order valence-corrected chi connectivity index (χ4v) is 2.53. The van der Waals surface area contributed by atoms with Crippen molar-refractivity contribution in [2.45, 2.75) is 44.2 Å². The van der Waals surface area contributed by atoms with Crippen molar-refractivity contribution in [1.29, 1.82) is 0 Å². The molecule has 1 aliphatic carbocycles. The molecule has 2 N–H and O–H groups in total. The summed E-state index contributed by atoms with van der Waals surface area (Å²) in [5.74, 6) is 0.589. The first-order valence-electron chi connectivity index (χ1n) is 6.69. The summed E-state index contributed by atoms with van der Waals surface area (Å²) in [6.07, 6.45) is 3.87. The first-order chi connectivity index (χ1) is 8.22. The molecule has 1 fully saturated rings. The molecule has 1 aromatic rings. The van der Waals surface area contributed by atoms with Gasteiger partial charge in [0.2, 0.25) is 0 Å². The maximum Gasteiger partial charge on any atom is 0.0224 e. The van der Waals surface area contributed by atoms with Gasteiger partial charge < -0.3 is 5.73 Å². The molecule has 0 bridgehead atoms. The zero-order chi connectivity index (χ0) is 12.3. The molecule has 2 nitrogen and oxygen atoms in total. The number of benzene rings is 1. The van der Waals surface area contributed by atoms with Crippen LogP contribution in [0, 0.1) is 0 Å². The van der Waals surface area contributed by atoms with Gasteiger partial charge in [-0.05, 0) is 37.8 Å². The first kappa shape index (κ1) is 12.6. The van der Waals surface area contributed by atoms with Crippen molar-refractivity contribution in [3.05, 3.63) is 35.9 Å². The van der Waals surface area contributed by atoms with Crippen LogP contribution in [0.3, 0.4) is 0 Å². The number of rotatable bonds is 6. The number of likely N-dealkylation sites (N-methyl/N-ethyl adjacent to an activating group) is 1. The highest BCUT2D eigenvalue weighted by Crippen LogP contribution is 2.30. The fourth-order valence-electron chi connectivity index (χ4n) is 2.53. The molecule has 94 valence electrons. The summed E-state index contributed by atoms with van der Waals surface area (Å²) in [4.78, 5) is 2.49. The second-order valence-corrected chi connectivity index (χ2v) is 5.33. The van der Waals surface area contributed by atoms with Crippen molar-refractivity contribution < 1.29 is 0 Å². The molecule has 1 aromatic carbocycles. The van der Waals surface area contributed by atoms with Crippen LogP contribution < -0.4 is 5.73 Å². The molecule has 17 heavy (non-hydrogen) atoms. The van der Waals surface area contributed by atoms with E-state index in [4.69, 9.17) is 5.73 Å². The van der Waals surface area contributed by atoms with Gasteiger partial charge in [-0.1, -0.05) is 37.3 Å². The van der Waals surface area contributed by atoms with E-state index in [1.807, 2.05) is 0 Å². The normalized spacial score (nSPS) is 19.3. The fraction of sp³-hybridized carbons (Fsp3) is 0.600. The average Bonchev–Trinajstić information content (AvgIpc) is 3.20. The third kappa shape index (κ3) is 3.30. The third-order valence-corrected chi connectivity index (χ3v) is 3.97. The lowest BCUT2D eigenvalue weighted by atomic mass is 9.93. The van der Waals surface area contributed by atoms with Crippen molar-refractivity contribution >= 4 is 0 Å². The topological polar surface area (TPSA) is 29.3 Å². The van der Waals surface area contributed by atoms with Gasteiger partial charge >= 0.3 is 0 Å². The molecule has 1 saturated carbocycles. The monoisotopic (exact) mass is 232 g/mol. The van der Waals surface area contributed by atoms with Crippen molar-refractivity contribution in [1.82, 2.24) is 4.90 Å². The minimum Gasteiger partial charge on any atom is -0.329 e. The van der Waals surface area contributed by atoms with Crippen LogP contribution in [0.15, 0.2) is 30.3 Å². The molecule has 2 rings (SSSR count). The van der Waals surface area contributed by atoms with E-state index in [0.717, 1.165) is 19.0 Å². The van der Waals surface area contributed by atoms with Crippen LogP contribution in [0.2, 0.25) is 0 Å². The van der Waals surface area contributed by atoms with E-state index in [1.165, 1.54) is 18.4 Å². The molecular formula is C15H24N2. The largest absolute Gasteiger partial charge is 0.329 e. The molecule has 0 aliphatic heterocycles. The lowest BCUT2D eigenvalue weighted by Crippen LogP contribution is -2.40. The number of hydrogen-bond acceptors (Lipinski definition) is 2. The van der Waals surface area contributed by atoms with Gasteiger partial charge in [-0.2, -0.15) is 0 Å².